The van der Waals surface area contributed by atoms with Gasteiger partial charge >= 0.3 is 0 Å². The van der Waals surface area contributed by atoms with Crippen LogP contribution in [-0.2, 0) is 10.0 Å². The molecule has 116 valence electrons. The van der Waals surface area contributed by atoms with Crippen LogP contribution in [0.4, 0.5) is 11.4 Å². The molecule has 8 heteroatoms. The summed E-state index contributed by atoms with van der Waals surface area (Å²) in [5.74, 6) is 0. The molecule has 0 aliphatic carbocycles. The van der Waals surface area contributed by atoms with E-state index in [0.29, 0.717) is 5.69 Å². The summed E-state index contributed by atoms with van der Waals surface area (Å²) in [5, 5.41) is 10.4. The van der Waals surface area contributed by atoms with E-state index >= 15 is 0 Å². The minimum Gasteiger partial charge on any atom is -0.279 e. The number of halogens is 1. The van der Waals surface area contributed by atoms with Crippen molar-refractivity contribution < 1.29 is 13.3 Å². The lowest BCUT2D eigenvalue weighted by molar-refractivity contribution is -0.384. The van der Waals surface area contributed by atoms with Gasteiger partial charge in [-0.3, -0.25) is 14.8 Å². The number of rotatable bonds is 4. The summed E-state index contributed by atoms with van der Waals surface area (Å²) in [6, 6.07) is 8.88. The highest BCUT2D eigenvalue weighted by atomic mass is 35.5. The van der Waals surface area contributed by atoms with Gasteiger partial charge in [-0.1, -0.05) is 35.4 Å². The fourth-order valence-electron chi connectivity index (χ4n) is 1.98. The molecule has 0 unspecified atom stereocenters. The van der Waals surface area contributed by atoms with Gasteiger partial charge in [0.05, 0.1) is 10.6 Å². The molecule has 0 fully saturated rings. The molecule has 2 rings (SSSR count). The van der Waals surface area contributed by atoms with E-state index in [4.69, 9.17) is 11.6 Å². The van der Waals surface area contributed by atoms with E-state index < -0.39 is 25.7 Å². The molecule has 2 aromatic carbocycles. The predicted molar refractivity (Wildman–Crippen MR) is 84.8 cm³/mol. The average Bonchev–Trinajstić information content (AvgIpc) is 2.41. The first-order valence-corrected chi connectivity index (χ1v) is 8.11. The van der Waals surface area contributed by atoms with Gasteiger partial charge in [0.25, 0.3) is 15.7 Å². The Morgan fingerprint density at radius 3 is 2.45 bits per heavy atom. The zero-order valence-corrected chi connectivity index (χ0v) is 13.4. The first-order valence-electron chi connectivity index (χ1n) is 6.25. The summed E-state index contributed by atoms with van der Waals surface area (Å²) in [4.78, 5) is 9.80. The number of anilines is 1. The summed E-state index contributed by atoms with van der Waals surface area (Å²) in [6.07, 6.45) is 0. The van der Waals surface area contributed by atoms with Gasteiger partial charge in [-0.2, -0.15) is 0 Å². The van der Waals surface area contributed by atoms with E-state index in [-0.39, 0.29) is 4.90 Å². The Labute approximate surface area is 132 Å². The number of benzene rings is 2. The van der Waals surface area contributed by atoms with Gasteiger partial charge < -0.3 is 0 Å². The lowest BCUT2D eigenvalue weighted by Crippen LogP contribution is -2.14. The SMILES string of the molecule is Cc1ccc(NS(=O)(=O)c2cccc([N+](=O)[O-])c2Cl)c(C)c1. The Balaban J connectivity index is 2.47. The van der Waals surface area contributed by atoms with Crippen LogP contribution in [0.15, 0.2) is 41.3 Å². The van der Waals surface area contributed by atoms with E-state index in [9.17, 15) is 18.5 Å². The van der Waals surface area contributed by atoms with Crippen LogP contribution < -0.4 is 4.72 Å². The maximum atomic E-state index is 12.4. The molecular weight excluding hydrogens is 328 g/mol. The fourth-order valence-corrected chi connectivity index (χ4v) is 3.70. The van der Waals surface area contributed by atoms with Crippen LogP contribution in [-0.4, -0.2) is 13.3 Å². The van der Waals surface area contributed by atoms with E-state index in [1.165, 1.54) is 12.1 Å². The molecule has 1 N–H and O–H groups in total. The van der Waals surface area contributed by atoms with Crippen LogP contribution in [0.2, 0.25) is 5.02 Å². The lowest BCUT2D eigenvalue weighted by atomic mass is 10.1. The third-order valence-corrected chi connectivity index (χ3v) is 4.97. The number of nitro groups is 1. The highest BCUT2D eigenvalue weighted by molar-refractivity contribution is 7.92. The zero-order chi connectivity index (χ0) is 16.5. The molecule has 0 amide bonds. The Bertz CT molecular complexity index is 850. The van der Waals surface area contributed by atoms with E-state index in [0.717, 1.165) is 17.2 Å². The van der Waals surface area contributed by atoms with Crippen molar-refractivity contribution in [2.75, 3.05) is 4.72 Å². The Morgan fingerprint density at radius 1 is 1.18 bits per heavy atom. The maximum absolute atomic E-state index is 12.4. The van der Waals surface area contributed by atoms with Gasteiger partial charge in [0.15, 0.2) is 0 Å². The van der Waals surface area contributed by atoms with Crippen molar-refractivity contribution in [3.63, 3.8) is 0 Å². The van der Waals surface area contributed by atoms with Gasteiger partial charge in [-0.15, -0.1) is 0 Å². The van der Waals surface area contributed by atoms with E-state index in [1.54, 1.807) is 19.1 Å². The molecule has 2 aromatic rings. The van der Waals surface area contributed by atoms with Crippen molar-refractivity contribution in [3.05, 3.63) is 62.7 Å². The number of hydrogen-bond donors (Lipinski definition) is 1. The highest BCUT2D eigenvalue weighted by Gasteiger charge is 2.25. The van der Waals surface area contributed by atoms with E-state index in [2.05, 4.69) is 4.72 Å². The molecule has 0 saturated carbocycles. The van der Waals surface area contributed by atoms with E-state index in [1.807, 2.05) is 13.0 Å². The normalized spacial score (nSPS) is 11.2. The molecular formula is C14H13ClN2O4S. The number of nitro benzene ring substituents is 1. The van der Waals surface area contributed by atoms with Crippen LogP contribution in [0.25, 0.3) is 0 Å². The third-order valence-electron chi connectivity index (χ3n) is 3.06. The van der Waals surface area contributed by atoms with Crippen molar-refractivity contribution in [1.82, 2.24) is 0 Å². The van der Waals surface area contributed by atoms with Crippen LogP contribution in [0, 0.1) is 24.0 Å². The molecule has 0 aliphatic rings. The molecule has 0 atom stereocenters. The fraction of sp³-hybridized carbons (Fsp3) is 0.143. The smallest absolute Gasteiger partial charge is 0.279 e. The minimum atomic E-state index is -4.02. The van der Waals surface area contributed by atoms with Crippen molar-refractivity contribution in [2.24, 2.45) is 0 Å². The molecule has 0 spiro atoms. The largest absolute Gasteiger partial charge is 0.289 e. The molecule has 0 radical (unpaired) electrons. The van der Waals surface area contributed by atoms with Crippen molar-refractivity contribution in [1.29, 1.82) is 0 Å². The Morgan fingerprint density at radius 2 is 1.86 bits per heavy atom. The molecule has 0 saturated heterocycles. The summed E-state index contributed by atoms with van der Waals surface area (Å²) in [5.41, 5.74) is 1.68. The van der Waals surface area contributed by atoms with Crippen molar-refractivity contribution in [2.45, 2.75) is 18.7 Å². The number of hydrogen-bond acceptors (Lipinski definition) is 4. The lowest BCUT2D eigenvalue weighted by Gasteiger charge is -2.12. The first kappa shape index (κ1) is 16.3. The Kier molecular flexibility index (Phi) is 4.39. The summed E-state index contributed by atoms with van der Waals surface area (Å²) in [7, 11) is -4.02. The van der Waals surface area contributed by atoms with Gasteiger partial charge in [0.2, 0.25) is 0 Å². The van der Waals surface area contributed by atoms with Crippen LogP contribution >= 0.6 is 11.6 Å². The summed E-state index contributed by atoms with van der Waals surface area (Å²) >= 11 is 5.86. The second-order valence-electron chi connectivity index (χ2n) is 4.77. The minimum absolute atomic E-state index is 0.330. The van der Waals surface area contributed by atoms with Gasteiger partial charge in [0, 0.05) is 6.07 Å². The maximum Gasteiger partial charge on any atom is 0.289 e. The topological polar surface area (TPSA) is 89.3 Å². The van der Waals surface area contributed by atoms with Gasteiger partial charge in [-0.25, -0.2) is 8.42 Å². The molecule has 0 bridgehead atoms. The molecule has 0 heterocycles. The average molecular weight is 341 g/mol. The summed E-state index contributed by atoms with van der Waals surface area (Å²) < 4.78 is 27.2. The number of aryl methyl sites for hydroxylation is 2. The summed E-state index contributed by atoms with van der Waals surface area (Å²) in [6.45, 7) is 3.66. The number of nitrogens with one attached hydrogen (secondary N) is 1. The standard InChI is InChI=1S/C14H13ClN2O4S/c1-9-6-7-11(10(2)8-9)16-22(20,21)13-5-3-4-12(14(13)15)17(18)19/h3-8,16H,1-2H3. The first-order chi connectivity index (χ1) is 10.2. The third kappa shape index (κ3) is 3.20. The van der Waals surface area contributed by atoms with Crippen LogP contribution in [0.3, 0.4) is 0 Å². The Hall–Kier alpha value is -2.12. The monoisotopic (exact) mass is 340 g/mol. The molecule has 6 nitrogen and oxygen atoms in total. The van der Waals surface area contributed by atoms with Gasteiger partial charge in [0.1, 0.15) is 9.92 Å². The zero-order valence-electron chi connectivity index (χ0n) is 11.8. The van der Waals surface area contributed by atoms with Crippen molar-refractivity contribution >= 4 is 33.0 Å². The quantitative estimate of drug-likeness (QED) is 0.679. The van der Waals surface area contributed by atoms with Crippen LogP contribution in [0.1, 0.15) is 11.1 Å². The number of sulfonamides is 1. The second kappa shape index (κ2) is 5.94. The predicted octanol–water partition coefficient (Wildman–Crippen LogP) is 3.67. The number of nitrogens with zero attached hydrogens (tertiary/aromatic N) is 1. The van der Waals surface area contributed by atoms with Gasteiger partial charge in [-0.05, 0) is 31.5 Å². The molecule has 22 heavy (non-hydrogen) atoms. The molecule has 0 aromatic heterocycles. The van der Waals surface area contributed by atoms with Crippen LogP contribution in [0.5, 0.6) is 0 Å². The second-order valence-corrected chi connectivity index (χ2v) is 6.80. The highest BCUT2D eigenvalue weighted by Crippen LogP contribution is 2.32. The molecule has 0 aliphatic heterocycles. The van der Waals surface area contributed by atoms with Crippen molar-refractivity contribution in [3.8, 4) is 0 Å².